The highest BCUT2D eigenvalue weighted by Crippen LogP contribution is 2.13. The number of esters is 1. The lowest BCUT2D eigenvalue weighted by atomic mass is 10.0. The van der Waals surface area contributed by atoms with Crippen molar-refractivity contribution in [3.63, 3.8) is 0 Å². The summed E-state index contributed by atoms with van der Waals surface area (Å²) in [4.78, 5) is 23.8. The number of carbonyl (C=O) groups is 2. The Morgan fingerprint density at radius 3 is 1.65 bits per heavy atom. The van der Waals surface area contributed by atoms with Crippen LogP contribution in [0.5, 0.6) is 0 Å². The van der Waals surface area contributed by atoms with Gasteiger partial charge in [-0.25, -0.2) is 9.59 Å². The molecule has 0 rings (SSSR count). The topological polar surface area (TPSA) is 64.6 Å². The zero-order valence-electron chi connectivity index (χ0n) is 20.4. The summed E-state index contributed by atoms with van der Waals surface area (Å²) in [7, 11) is 0. The quantitative estimate of drug-likeness (QED) is 0.108. The van der Waals surface area contributed by atoms with E-state index in [1.807, 2.05) is 6.92 Å². The first-order valence-corrected chi connectivity index (χ1v) is 12.9. The number of unbranched alkanes of at least 4 members (excludes halogenated alkanes) is 14. The van der Waals surface area contributed by atoms with Crippen LogP contribution in [-0.4, -0.2) is 31.3 Å². The molecule has 5 heteroatoms. The zero-order chi connectivity index (χ0) is 23.0. The summed E-state index contributed by atoms with van der Waals surface area (Å²) in [6.45, 7) is 8.55. The summed E-state index contributed by atoms with van der Waals surface area (Å²) in [5.74, 6) is -0.418. The van der Waals surface area contributed by atoms with E-state index in [9.17, 15) is 9.59 Å². The van der Waals surface area contributed by atoms with Crippen molar-refractivity contribution >= 4 is 12.1 Å². The highest BCUT2D eigenvalue weighted by molar-refractivity contribution is 5.81. The van der Waals surface area contributed by atoms with E-state index in [0.717, 1.165) is 19.3 Å². The van der Waals surface area contributed by atoms with Crippen molar-refractivity contribution in [3.05, 3.63) is 12.7 Å². The normalized spacial score (nSPS) is 11.7. The number of hydrogen-bond acceptors (Lipinski definition) is 4. The maximum atomic E-state index is 12.1. The van der Waals surface area contributed by atoms with E-state index in [1.54, 1.807) is 6.08 Å². The largest absolute Gasteiger partial charge is 0.464 e. The molecule has 1 amide bonds. The molecule has 0 aliphatic heterocycles. The third-order valence-corrected chi connectivity index (χ3v) is 5.41. The molecule has 0 saturated heterocycles. The van der Waals surface area contributed by atoms with E-state index in [-0.39, 0.29) is 0 Å². The predicted molar refractivity (Wildman–Crippen MR) is 129 cm³/mol. The molecule has 0 aromatic heterocycles. The molecule has 0 saturated carbocycles. The Kier molecular flexibility index (Phi) is 22.0. The maximum absolute atomic E-state index is 12.1. The maximum Gasteiger partial charge on any atom is 0.407 e. The average Bonchev–Trinajstić information content (AvgIpc) is 2.77. The van der Waals surface area contributed by atoms with Crippen LogP contribution in [0, 0.1) is 0 Å². The van der Waals surface area contributed by atoms with Crippen LogP contribution in [0.3, 0.4) is 0 Å². The summed E-state index contributed by atoms with van der Waals surface area (Å²) in [5.41, 5.74) is 0. The molecule has 0 bridgehead atoms. The molecule has 0 aromatic rings. The Morgan fingerprint density at radius 1 is 0.710 bits per heavy atom. The Bertz CT molecular complexity index is 439. The first-order valence-electron chi connectivity index (χ1n) is 12.9. The molecule has 0 aliphatic carbocycles. The van der Waals surface area contributed by atoms with Crippen molar-refractivity contribution < 1.29 is 19.1 Å². The Hall–Kier alpha value is -1.52. The van der Waals surface area contributed by atoms with Crippen LogP contribution in [-0.2, 0) is 14.3 Å². The molecule has 0 aromatic carbocycles. The highest BCUT2D eigenvalue weighted by Gasteiger charge is 2.21. The molecular weight excluding hydrogens is 390 g/mol. The lowest BCUT2D eigenvalue weighted by Crippen LogP contribution is -2.42. The van der Waals surface area contributed by atoms with Gasteiger partial charge in [-0.05, 0) is 19.3 Å². The van der Waals surface area contributed by atoms with Crippen molar-refractivity contribution in [2.45, 2.75) is 129 Å². The van der Waals surface area contributed by atoms with Gasteiger partial charge >= 0.3 is 12.1 Å². The smallest absolute Gasteiger partial charge is 0.407 e. The summed E-state index contributed by atoms with van der Waals surface area (Å²) in [5, 5.41) is 2.55. The average molecular weight is 440 g/mol. The fraction of sp³-hybridized carbons (Fsp3) is 0.846. The number of hydrogen-bond donors (Lipinski definition) is 1. The lowest BCUT2D eigenvalue weighted by molar-refractivity contribution is -0.146. The zero-order valence-corrected chi connectivity index (χ0v) is 20.4. The van der Waals surface area contributed by atoms with Crippen LogP contribution in [0.15, 0.2) is 12.7 Å². The third kappa shape index (κ3) is 20.2. The van der Waals surface area contributed by atoms with Gasteiger partial charge in [-0.15, -0.1) is 6.58 Å². The number of ether oxygens (including phenoxy) is 2. The van der Waals surface area contributed by atoms with Gasteiger partial charge in [0.2, 0.25) is 0 Å². The van der Waals surface area contributed by atoms with Gasteiger partial charge in [-0.2, -0.15) is 0 Å². The van der Waals surface area contributed by atoms with E-state index in [2.05, 4.69) is 18.8 Å². The first-order chi connectivity index (χ1) is 15.2. The molecule has 182 valence electrons. The van der Waals surface area contributed by atoms with Crippen LogP contribution in [0.25, 0.3) is 0 Å². The van der Waals surface area contributed by atoms with Crippen molar-refractivity contribution in [2.75, 3.05) is 13.2 Å². The Labute approximate surface area is 191 Å². The van der Waals surface area contributed by atoms with E-state index < -0.39 is 18.1 Å². The van der Waals surface area contributed by atoms with E-state index >= 15 is 0 Å². The molecule has 0 radical (unpaired) electrons. The number of carbonyl (C=O) groups excluding carboxylic acids is 2. The molecule has 0 fully saturated rings. The van der Waals surface area contributed by atoms with Crippen molar-refractivity contribution in [2.24, 2.45) is 0 Å². The van der Waals surface area contributed by atoms with Crippen molar-refractivity contribution in [1.82, 2.24) is 5.32 Å². The predicted octanol–water partition coefficient (Wildman–Crippen LogP) is 7.48. The van der Waals surface area contributed by atoms with E-state index in [1.165, 1.54) is 83.5 Å². The second-order valence-electron chi connectivity index (χ2n) is 8.47. The fourth-order valence-corrected chi connectivity index (χ4v) is 3.51. The molecule has 0 heterocycles. The van der Waals surface area contributed by atoms with E-state index in [0.29, 0.717) is 19.6 Å². The van der Waals surface area contributed by atoms with Gasteiger partial charge < -0.3 is 14.8 Å². The second-order valence-corrected chi connectivity index (χ2v) is 8.47. The number of rotatable bonds is 22. The summed E-state index contributed by atoms with van der Waals surface area (Å²) >= 11 is 0. The molecule has 31 heavy (non-hydrogen) atoms. The van der Waals surface area contributed by atoms with Gasteiger partial charge in [0.15, 0.2) is 0 Å². The number of alkyl carbamates (subject to hydrolysis) is 1. The summed E-state index contributed by atoms with van der Waals surface area (Å²) < 4.78 is 10.3. The molecule has 1 N–H and O–H groups in total. The Morgan fingerprint density at radius 2 is 1.19 bits per heavy atom. The molecule has 5 nitrogen and oxygen atoms in total. The van der Waals surface area contributed by atoms with Gasteiger partial charge in [0.1, 0.15) is 6.04 Å². The molecule has 1 unspecified atom stereocenters. The third-order valence-electron chi connectivity index (χ3n) is 5.41. The standard InChI is InChI=1S/C26H49NO4/c1-4-7-8-9-10-11-12-13-14-15-16-17-18-19-20-23-30-25(28)24(21-5-2)27-26(29)31-22-6-3/h5,24H,2,4,6-23H2,1,3H3,(H,27,29). The first kappa shape index (κ1) is 29.5. The molecule has 1 atom stereocenters. The van der Waals surface area contributed by atoms with Gasteiger partial charge in [-0.3, -0.25) is 0 Å². The van der Waals surface area contributed by atoms with Crippen LogP contribution < -0.4 is 5.32 Å². The van der Waals surface area contributed by atoms with Crippen LogP contribution in [0.2, 0.25) is 0 Å². The molecule has 0 aliphatic rings. The second kappa shape index (κ2) is 23.1. The van der Waals surface area contributed by atoms with Gasteiger partial charge in [0.25, 0.3) is 0 Å². The molecule has 0 spiro atoms. The highest BCUT2D eigenvalue weighted by atomic mass is 16.6. The van der Waals surface area contributed by atoms with Crippen LogP contribution in [0.1, 0.15) is 123 Å². The number of nitrogens with one attached hydrogen (secondary N) is 1. The minimum absolute atomic E-state index is 0.332. The van der Waals surface area contributed by atoms with Crippen LogP contribution in [0.4, 0.5) is 4.79 Å². The minimum Gasteiger partial charge on any atom is -0.464 e. The monoisotopic (exact) mass is 439 g/mol. The van der Waals surface area contributed by atoms with E-state index in [4.69, 9.17) is 9.47 Å². The van der Waals surface area contributed by atoms with Crippen LogP contribution >= 0.6 is 0 Å². The summed E-state index contributed by atoms with van der Waals surface area (Å²) in [6, 6.07) is -0.724. The van der Waals surface area contributed by atoms with Crippen molar-refractivity contribution in [3.8, 4) is 0 Å². The number of amides is 1. The fourth-order valence-electron chi connectivity index (χ4n) is 3.51. The van der Waals surface area contributed by atoms with Crippen molar-refractivity contribution in [1.29, 1.82) is 0 Å². The van der Waals surface area contributed by atoms with Gasteiger partial charge in [-0.1, -0.05) is 110 Å². The van der Waals surface area contributed by atoms with Gasteiger partial charge in [0.05, 0.1) is 13.2 Å². The molecular formula is C26H49NO4. The SMILES string of the molecule is C=CCC(NC(=O)OCCC)C(=O)OCCCCCCCCCCCCCCCCC. The Balaban J connectivity index is 3.54. The lowest BCUT2D eigenvalue weighted by Gasteiger charge is -2.16. The van der Waals surface area contributed by atoms with Gasteiger partial charge in [0, 0.05) is 0 Å². The minimum atomic E-state index is -0.724. The summed E-state index contributed by atoms with van der Waals surface area (Å²) in [6.07, 6.45) is 21.6.